The lowest BCUT2D eigenvalue weighted by Gasteiger charge is -2.18. The molecular formula is C26H25N5O3. The van der Waals surface area contributed by atoms with Gasteiger partial charge in [-0.3, -0.25) is 4.79 Å². The summed E-state index contributed by atoms with van der Waals surface area (Å²) in [4.78, 5) is 31.7. The first-order chi connectivity index (χ1) is 16.7. The molecule has 2 aromatic heterocycles. The summed E-state index contributed by atoms with van der Waals surface area (Å²) in [6, 6.07) is 19.8. The Morgan fingerprint density at radius 1 is 0.912 bits per heavy atom. The zero-order valence-electron chi connectivity index (χ0n) is 18.6. The van der Waals surface area contributed by atoms with Crippen molar-refractivity contribution in [3.8, 4) is 5.75 Å². The van der Waals surface area contributed by atoms with Crippen LogP contribution in [0.3, 0.4) is 0 Å². The topological polar surface area (TPSA) is 88.0 Å². The van der Waals surface area contributed by atoms with Crippen molar-refractivity contribution in [1.29, 1.82) is 0 Å². The maximum absolute atomic E-state index is 12.9. The Hall–Kier alpha value is -4.33. The molecule has 2 N–H and O–H groups in total. The second kappa shape index (κ2) is 9.66. The van der Waals surface area contributed by atoms with Gasteiger partial charge in [0.2, 0.25) is 0 Å². The molecule has 1 saturated heterocycles. The van der Waals surface area contributed by atoms with Gasteiger partial charge >= 0.3 is 6.03 Å². The van der Waals surface area contributed by atoms with E-state index in [2.05, 4.69) is 15.6 Å². The summed E-state index contributed by atoms with van der Waals surface area (Å²) in [5.74, 6) is 0.279. The highest BCUT2D eigenvalue weighted by Crippen LogP contribution is 2.24. The number of aromatic nitrogens is 2. The molecule has 0 bridgehead atoms. The molecule has 3 heterocycles. The smallest absolute Gasteiger partial charge is 0.321 e. The molecule has 4 aromatic rings. The van der Waals surface area contributed by atoms with E-state index in [9.17, 15) is 9.59 Å². The molecule has 1 aliphatic heterocycles. The zero-order chi connectivity index (χ0) is 23.3. The van der Waals surface area contributed by atoms with Crippen molar-refractivity contribution in [2.24, 2.45) is 0 Å². The van der Waals surface area contributed by atoms with Crippen LogP contribution in [0, 0.1) is 0 Å². The number of benzene rings is 2. The van der Waals surface area contributed by atoms with Crippen molar-refractivity contribution in [3.63, 3.8) is 0 Å². The molecule has 5 rings (SSSR count). The van der Waals surface area contributed by atoms with Crippen molar-refractivity contribution in [2.45, 2.75) is 19.4 Å². The second-order valence-corrected chi connectivity index (χ2v) is 8.14. The van der Waals surface area contributed by atoms with Crippen molar-refractivity contribution in [1.82, 2.24) is 14.3 Å². The van der Waals surface area contributed by atoms with E-state index >= 15 is 0 Å². The number of nitrogens with zero attached hydrogens (tertiary/aromatic N) is 3. The number of imidazole rings is 1. The number of likely N-dealkylation sites (tertiary alicyclic amines) is 1. The van der Waals surface area contributed by atoms with Crippen molar-refractivity contribution in [3.05, 3.63) is 90.4 Å². The van der Waals surface area contributed by atoms with Gasteiger partial charge in [0.25, 0.3) is 5.91 Å². The third-order valence-electron chi connectivity index (χ3n) is 5.71. The minimum absolute atomic E-state index is 0.151. The number of fused-ring (bicyclic) bond motifs is 1. The number of nitrogens with one attached hydrogen (secondary N) is 2. The van der Waals surface area contributed by atoms with Gasteiger partial charge in [-0.25, -0.2) is 9.78 Å². The largest absolute Gasteiger partial charge is 0.487 e. The maximum Gasteiger partial charge on any atom is 0.321 e. The molecule has 1 fully saturated rings. The number of carbonyl (C=O) groups is 2. The summed E-state index contributed by atoms with van der Waals surface area (Å²) in [5.41, 5.74) is 3.20. The monoisotopic (exact) mass is 455 g/mol. The average Bonchev–Trinajstić information content (AvgIpc) is 3.54. The van der Waals surface area contributed by atoms with Crippen LogP contribution in [0.1, 0.15) is 28.9 Å². The fourth-order valence-corrected chi connectivity index (χ4v) is 3.95. The molecule has 34 heavy (non-hydrogen) atoms. The Balaban J connectivity index is 1.24. The molecule has 0 atom stereocenters. The fraction of sp³-hybridized carbons (Fsp3) is 0.192. The highest BCUT2D eigenvalue weighted by Gasteiger charge is 2.19. The predicted octanol–water partition coefficient (Wildman–Crippen LogP) is 4.79. The Labute approximate surface area is 197 Å². The van der Waals surface area contributed by atoms with Gasteiger partial charge in [-0.1, -0.05) is 24.3 Å². The number of anilines is 2. The third-order valence-corrected chi connectivity index (χ3v) is 5.71. The average molecular weight is 456 g/mol. The summed E-state index contributed by atoms with van der Waals surface area (Å²) in [6.45, 7) is 1.79. The predicted molar refractivity (Wildman–Crippen MR) is 130 cm³/mol. The van der Waals surface area contributed by atoms with Gasteiger partial charge in [0, 0.05) is 31.0 Å². The first kappa shape index (κ1) is 21.5. The number of urea groups is 1. The summed E-state index contributed by atoms with van der Waals surface area (Å²) >= 11 is 0. The first-order valence-corrected chi connectivity index (χ1v) is 11.3. The molecule has 1 aliphatic rings. The van der Waals surface area contributed by atoms with Gasteiger partial charge < -0.3 is 24.7 Å². The minimum Gasteiger partial charge on any atom is -0.487 e. The van der Waals surface area contributed by atoms with E-state index in [-0.39, 0.29) is 18.5 Å². The summed E-state index contributed by atoms with van der Waals surface area (Å²) in [7, 11) is 0. The molecule has 8 nitrogen and oxygen atoms in total. The second-order valence-electron chi connectivity index (χ2n) is 8.14. The lowest BCUT2D eigenvalue weighted by Crippen LogP contribution is -2.32. The third kappa shape index (κ3) is 4.85. The van der Waals surface area contributed by atoms with Crippen LogP contribution in [-0.2, 0) is 6.61 Å². The van der Waals surface area contributed by atoms with E-state index in [0.29, 0.717) is 22.7 Å². The quantitative estimate of drug-likeness (QED) is 0.437. The molecule has 172 valence electrons. The number of amides is 3. The maximum atomic E-state index is 12.9. The molecular weight excluding hydrogens is 430 g/mol. The van der Waals surface area contributed by atoms with Crippen LogP contribution >= 0.6 is 0 Å². The Morgan fingerprint density at radius 2 is 1.68 bits per heavy atom. The van der Waals surface area contributed by atoms with Gasteiger partial charge in [-0.15, -0.1) is 0 Å². The van der Waals surface area contributed by atoms with Crippen molar-refractivity contribution >= 4 is 29.0 Å². The van der Waals surface area contributed by atoms with Crippen LogP contribution in [0.5, 0.6) is 5.75 Å². The van der Waals surface area contributed by atoms with Crippen LogP contribution in [0.25, 0.3) is 5.65 Å². The van der Waals surface area contributed by atoms with E-state index < -0.39 is 0 Å². The van der Waals surface area contributed by atoms with Crippen LogP contribution in [-0.4, -0.2) is 39.3 Å². The Morgan fingerprint density at radius 3 is 2.47 bits per heavy atom. The molecule has 0 aliphatic carbocycles. The van der Waals surface area contributed by atoms with E-state index in [0.717, 1.165) is 37.3 Å². The van der Waals surface area contributed by atoms with E-state index in [4.69, 9.17) is 4.74 Å². The lowest BCUT2D eigenvalue weighted by molar-refractivity contribution is 0.102. The van der Waals surface area contributed by atoms with Gasteiger partial charge in [0.1, 0.15) is 18.0 Å². The van der Waals surface area contributed by atoms with Crippen molar-refractivity contribution < 1.29 is 14.3 Å². The molecule has 0 unspecified atom stereocenters. The van der Waals surface area contributed by atoms with Gasteiger partial charge in [0.05, 0.1) is 17.1 Å². The van der Waals surface area contributed by atoms with Crippen LogP contribution in [0.2, 0.25) is 0 Å². The standard InChI is InChI=1S/C26H25N5O3/c32-25(28-22-10-1-2-11-23(22)29-26(33)30-13-5-6-14-30)19-8-7-9-21(16-19)34-18-20-17-31-15-4-3-12-24(31)27-20/h1-4,7-12,15-17H,5-6,13-14,18H2,(H,28,32)(H,29,33). The molecule has 0 radical (unpaired) electrons. The zero-order valence-corrected chi connectivity index (χ0v) is 18.6. The summed E-state index contributed by atoms with van der Waals surface area (Å²) in [5, 5.41) is 5.81. The molecule has 0 saturated carbocycles. The molecule has 0 spiro atoms. The number of hydrogen-bond donors (Lipinski definition) is 2. The summed E-state index contributed by atoms with van der Waals surface area (Å²) in [6.07, 6.45) is 5.88. The number of pyridine rings is 1. The van der Waals surface area contributed by atoms with E-state index in [1.807, 2.05) is 47.1 Å². The SMILES string of the molecule is O=C(Nc1ccccc1NC(=O)N1CCCC1)c1cccc(OCc2cn3ccccc3n2)c1. The Kier molecular flexibility index (Phi) is 6.11. The molecule has 3 amide bonds. The molecule has 2 aromatic carbocycles. The number of ether oxygens (including phenoxy) is 1. The van der Waals surface area contributed by atoms with Gasteiger partial charge in [-0.05, 0) is 55.3 Å². The normalized spacial score (nSPS) is 13.1. The first-order valence-electron chi connectivity index (χ1n) is 11.3. The van der Waals surface area contributed by atoms with E-state index in [1.165, 1.54) is 0 Å². The van der Waals surface area contributed by atoms with E-state index in [1.54, 1.807) is 41.3 Å². The van der Waals surface area contributed by atoms with Crippen LogP contribution in [0.15, 0.2) is 79.1 Å². The molecule has 8 heteroatoms. The number of para-hydroxylation sites is 2. The lowest BCUT2D eigenvalue weighted by atomic mass is 10.2. The highest BCUT2D eigenvalue weighted by atomic mass is 16.5. The Bertz CT molecular complexity index is 1290. The van der Waals surface area contributed by atoms with Crippen LogP contribution < -0.4 is 15.4 Å². The van der Waals surface area contributed by atoms with Gasteiger partial charge in [0.15, 0.2) is 0 Å². The minimum atomic E-state index is -0.291. The highest BCUT2D eigenvalue weighted by molar-refractivity contribution is 6.07. The number of hydrogen-bond acceptors (Lipinski definition) is 4. The number of rotatable bonds is 6. The van der Waals surface area contributed by atoms with Crippen LogP contribution in [0.4, 0.5) is 16.2 Å². The number of carbonyl (C=O) groups excluding carboxylic acids is 2. The fourth-order valence-electron chi connectivity index (χ4n) is 3.95. The summed E-state index contributed by atoms with van der Waals surface area (Å²) < 4.78 is 7.81. The van der Waals surface area contributed by atoms with Crippen molar-refractivity contribution in [2.75, 3.05) is 23.7 Å². The van der Waals surface area contributed by atoms with Gasteiger partial charge in [-0.2, -0.15) is 0 Å².